The van der Waals surface area contributed by atoms with Gasteiger partial charge in [0.25, 0.3) is 0 Å². The Morgan fingerprint density at radius 2 is 1.70 bits per heavy atom. The van der Waals surface area contributed by atoms with Crippen LogP contribution in [0, 0.1) is 6.92 Å². The molecule has 5 aromatic rings. The lowest BCUT2D eigenvalue weighted by atomic mass is 10.1. The van der Waals surface area contributed by atoms with Crippen LogP contribution in [0.1, 0.15) is 11.8 Å². The number of fused-ring (bicyclic) bond motifs is 1. The first-order chi connectivity index (χ1) is 16.1. The molecular formula is C27H21BrN2O2S. The number of hydrogen-bond donors (Lipinski definition) is 0. The van der Waals surface area contributed by atoms with Crippen LogP contribution in [0.15, 0.2) is 92.7 Å². The number of aromatic nitrogens is 1. The highest BCUT2D eigenvalue weighted by Gasteiger charge is 2.11. The van der Waals surface area contributed by atoms with Gasteiger partial charge in [0, 0.05) is 31.9 Å². The fourth-order valence-corrected chi connectivity index (χ4v) is 4.72. The van der Waals surface area contributed by atoms with Crippen molar-refractivity contribution in [1.82, 2.24) is 4.98 Å². The highest BCUT2D eigenvalue weighted by Crippen LogP contribution is 2.33. The van der Waals surface area contributed by atoms with Gasteiger partial charge in [0.05, 0.1) is 17.7 Å². The lowest BCUT2D eigenvalue weighted by Crippen LogP contribution is -2.03. The van der Waals surface area contributed by atoms with E-state index in [1.165, 1.54) is 0 Å². The van der Waals surface area contributed by atoms with Gasteiger partial charge in [-0.3, -0.25) is 0 Å². The Hall–Kier alpha value is -3.22. The SMILES string of the molecule is CCOc1ccc(-c2c/c(=N\c3nc(-c4ccc(Br)cc4)c(C)s3)c3ccccc3o2)cc1. The molecule has 0 aliphatic heterocycles. The second-order valence-corrected chi connectivity index (χ2v) is 9.57. The summed E-state index contributed by atoms with van der Waals surface area (Å²) in [5, 5.41) is 2.50. The minimum absolute atomic E-state index is 0.637. The standard InChI is InChI=1S/C27H21BrN2O2S/c1-3-31-21-14-10-18(11-15-21)25-16-23(22-6-4-5-7-24(22)32-25)29-27-30-26(17(2)33-27)19-8-12-20(28)13-9-19/h4-16H,3H2,1-2H3/b29-23+. The molecule has 0 N–H and O–H groups in total. The third-order valence-corrected chi connectivity index (χ3v) is 6.61. The van der Waals surface area contributed by atoms with Crippen molar-refractivity contribution in [1.29, 1.82) is 0 Å². The largest absolute Gasteiger partial charge is 0.494 e. The molecule has 0 unspecified atom stereocenters. The molecule has 6 heteroatoms. The van der Waals surface area contributed by atoms with Crippen molar-refractivity contribution in [3.63, 3.8) is 0 Å². The molecule has 2 heterocycles. The average molecular weight is 517 g/mol. The summed E-state index contributed by atoms with van der Waals surface area (Å²) in [6.45, 7) is 4.69. The summed E-state index contributed by atoms with van der Waals surface area (Å²) in [5.74, 6) is 1.59. The van der Waals surface area contributed by atoms with E-state index in [9.17, 15) is 0 Å². The first-order valence-electron chi connectivity index (χ1n) is 10.6. The maximum absolute atomic E-state index is 6.21. The Balaban J connectivity index is 1.62. The van der Waals surface area contributed by atoms with E-state index >= 15 is 0 Å². The van der Waals surface area contributed by atoms with E-state index in [2.05, 4.69) is 35.0 Å². The number of aryl methyl sites for hydroxylation is 1. The second kappa shape index (κ2) is 9.33. The van der Waals surface area contributed by atoms with Crippen LogP contribution in [0.25, 0.3) is 33.6 Å². The van der Waals surface area contributed by atoms with Gasteiger partial charge in [-0.05, 0) is 62.4 Å². The zero-order valence-electron chi connectivity index (χ0n) is 18.2. The van der Waals surface area contributed by atoms with Gasteiger partial charge in [0.1, 0.15) is 17.1 Å². The van der Waals surface area contributed by atoms with Crippen molar-refractivity contribution < 1.29 is 9.15 Å². The van der Waals surface area contributed by atoms with Crippen molar-refractivity contribution in [2.75, 3.05) is 6.61 Å². The quantitative estimate of drug-likeness (QED) is 0.238. The van der Waals surface area contributed by atoms with Crippen molar-refractivity contribution >= 4 is 43.4 Å². The van der Waals surface area contributed by atoms with E-state index in [0.717, 1.165) is 59.1 Å². The van der Waals surface area contributed by atoms with Gasteiger partial charge >= 0.3 is 0 Å². The van der Waals surface area contributed by atoms with Crippen LogP contribution < -0.4 is 10.1 Å². The molecule has 0 fully saturated rings. The number of ether oxygens (including phenoxy) is 1. The van der Waals surface area contributed by atoms with Crippen LogP contribution in [0.5, 0.6) is 5.75 Å². The number of nitrogens with zero attached hydrogens (tertiary/aromatic N) is 2. The fourth-order valence-electron chi connectivity index (χ4n) is 3.64. The van der Waals surface area contributed by atoms with E-state index in [-0.39, 0.29) is 0 Å². The summed E-state index contributed by atoms with van der Waals surface area (Å²) in [7, 11) is 0. The Labute approximate surface area is 204 Å². The Morgan fingerprint density at radius 3 is 2.45 bits per heavy atom. The van der Waals surface area contributed by atoms with Crippen LogP contribution >= 0.6 is 27.3 Å². The molecule has 0 amide bonds. The topological polar surface area (TPSA) is 47.6 Å². The fraction of sp³-hybridized carbons (Fsp3) is 0.111. The average Bonchev–Trinajstić information content (AvgIpc) is 3.20. The molecule has 0 spiro atoms. The van der Waals surface area contributed by atoms with E-state index in [1.54, 1.807) is 11.3 Å². The maximum atomic E-state index is 6.21. The van der Waals surface area contributed by atoms with Gasteiger partial charge in [-0.25, -0.2) is 9.98 Å². The van der Waals surface area contributed by atoms with Crippen molar-refractivity contribution in [2.24, 2.45) is 4.99 Å². The Kier molecular flexibility index (Phi) is 6.11. The predicted octanol–water partition coefficient (Wildman–Crippen LogP) is 7.93. The van der Waals surface area contributed by atoms with Crippen LogP contribution in [0.3, 0.4) is 0 Å². The third-order valence-electron chi connectivity index (χ3n) is 5.22. The summed E-state index contributed by atoms with van der Waals surface area (Å²) in [4.78, 5) is 10.9. The molecule has 5 rings (SSSR count). The number of para-hydroxylation sites is 1. The summed E-state index contributed by atoms with van der Waals surface area (Å²) < 4.78 is 12.8. The molecule has 0 bridgehead atoms. The molecule has 164 valence electrons. The van der Waals surface area contributed by atoms with Crippen molar-refractivity contribution in [3.05, 3.63) is 93.6 Å². The van der Waals surface area contributed by atoms with Gasteiger partial charge in [0.15, 0.2) is 0 Å². The van der Waals surface area contributed by atoms with Crippen molar-refractivity contribution in [2.45, 2.75) is 13.8 Å². The second-order valence-electron chi connectivity index (χ2n) is 7.47. The molecule has 4 nitrogen and oxygen atoms in total. The van der Waals surface area contributed by atoms with E-state index < -0.39 is 0 Å². The molecule has 0 aliphatic rings. The highest BCUT2D eigenvalue weighted by molar-refractivity contribution is 9.10. The number of rotatable bonds is 5. The summed E-state index contributed by atoms with van der Waals surface area (Å²) >= 11 is 5.08. The van der Waals surface area contributed by atoms with Gasteiger partial charge < -0.3 is 9.15 Å². The minimum Gasteiger partial charge on any atom is -0.494 e. The number of benzene rings is 3. The first-order valence-corrected chi connectivity index (χ1v) is 12.3. The summed E-state index contributed by atoms with van der Waals surface area (Å²) in [6.07, 6.45) is 0. The molecule has 0 radical (unpaired) electrons. The minimum atomic E-state index is 0.637. The maximum Gasteiger partial charge on any atom is 0.210 e. The van der Waals surface area contributed by atoms with Gasteiger partial charge in [-0.1, -0.05) is 51.5 Å². The molecule has 3 aromatic carbocycles. The van der Waals surface area contributed by atoms with Gasteiger partial charge in [-0.2, -0.15) is 0 Å². The molecule has 0 aliphatic carbocycles. The lowest BCUT2D eigenvalue weighted by Gasteiger charge is -2.06. The van der Waals surface area contributed by atoms with Crippen LogP contribution in [0.4, 0.5) is 5.13 Å². The Morgan fingerprint density at radius 1 is 0.970 bits per heavy atom. The van der Waals surface area contributed by atoms with E-state index in [4.69, 9.17) is 19.1 Å². The zero-order valence-corrected chi connectivity index (χ0v) is 20.6. The molecular weight excluding hydrogens is 496 g/mol. The monoisotopic (exact) mass is 516 g/mol. The first kappa shape index (κ1) is 21.6. The number of thiazole rings is 1. The molecule has 2 aromatic heterocycles. The van der Waals surface area contributed by atoms with E-state index in [1.807, 2.05) is 73.7 Å². The van der Waals surface area contributed by atoms with E-state index in [0.29, 0.717) is 6.61 Å². The van der Waals surface area contributed by atoms with Crippen LogP contribution in [0.2, 0.25) is 0 Å². The normalized spacial score (nSPS) is 11.8. The Bertz CT molecular complexity index is 1490. The van der Waals surface area contributed by atoms with Crippen molar-refractivity contribution in [3.8, 4) is 28.3 Å². The lowest BCUT2D eigenvalue weighted by molar-refractivity contribution is 0.340. The van der Waals surface area contributed by atoms with Crippen LogP contribution in [-0.2, 0) is 0 Å². The van der Waals surface area contributed by atoms with Gasteiger partial charge in [-0.15, -0.1) is 0 Å². The van der Waals surface area contributed by atoms with Crippen LogP contribution in [-0.4, -0.2) is 11.6 Å². The summed E-state index contributed by atoms with van der Waals surface area (Å²) in [6, 6.07) is 26.0. The zero-order chi connectivity index (χ0) is 22.8. The predicted molar refractivity (Wildman–Crippen MR) is 138 cm³/mol. The molecule has 0 saturated heterocycles. The number of hydrogen-bond acceptors (Lipinski definition) is 5. The number of halogens is 1. The third kappa shape index (κ3) is 4.63. The molecule has 33 heavy (non-hydrogen) atoms. The smallest absolute Gasteiger partial charge is 0.210 e. The molecule has 0 saturated carbocycles. The highest BCUT2D eigenvalue weighted by atomic mass is 79.9. The summed E-state index contributed by atoms with van der Waals surface area (Å²) in [5.41, 5.74) is 3.79. The molecule has 0 atom stereocenters. The van der Waals surface area contributed by atoms with Gasteiger partial charge in [0.2, 0.25) is 5.13 Å².